The van der Waals surface area contributed by atoms with Crippen molar-refractivity contribution < 1.29 is 0 Å². The van der Waals surface area contributed by atoms with Crippen molar-refractivity contribution in [3.05, 3.63) is 127 Å². The Morgan fingerprint density at radius 1 is 0.515 bits per heavy atom. The summed E-state index contributed by atoms with van der Waals surface area (Å²) in [5.41, 5.74) is 7.46. The van der Waals surface area contributed by atoms with E-state index in [1.807, 2.05) is 0 Å². The number of benzene rings is 5. The van der Waals surface area contributed by atoms with Crippen molar-refractivity contribution >= 4 is 38.5 Å². The Bertz CT molecular complexity index is 1520. The first kappa shape index (κ1) is 19.6. The standard InChI is InChI=1S/C32H25N/c1-3-7-23(8-4-1)25-11-13-29-21-31(17-15-27(29)19-25)33-32-18-16-28-20-26(12-14-30(28)22-32)24-9-5-2-6-10-24/h1-5,7-9,11-22,33H,6,10H2. The minimum atomic E-state index is 1.10. The van der Waals surface area contributed by atoms with Crippen LogP contribution < -0.4 is 5.32 Å². The van der Waals surface area contributed by atoms with E-state index < -0.39 is 0 Å². The van der Waals surface area contributed by atoms with E-state index >= 15 is 0 Å². The lowest BCUT2D eigenvalue weighted by atomic mass is 9.95. The number of anilines is 2. The third-order valence-electron chi connectivity index (χ3n) is 6.46. The molecule has 1 aliphatic carbocycles. The van der Waals surface area contributed by atoms with E-state index in [4.69, 9.17) is 0 Å². The van der Waals surface area contributed by atoms with Gasteiger partial charge >= 0.3 is 0 Å². The first-order chi connectivity index (χ1) is 16.3. The van der Waals surface area contributed by atoms with E-state index in [-0.39, 0.29) is 0 Å². The number of rotatable bonds is 4. The molecule has 1 heteroatoms. The summed E-state index contributed by atoms with van der Waals surface area (Å²) in [6.45, 7) is 0. The fraction of sp³-hybridized carbons (Fsp3) is 0.0625. The molecule has 158 valence electrons. The predicted molar refractivity (Wildman–Crippen MR) is 143 cm³/mol. The minimum Gasteiger partial charge on any atom is -0.355 e. The van der Waals surface area contributed by atoms with Crippen LogP contribution in [0.5, 0.6) is 0 Å². The normalized spacial score (nSPS) is 13.3. The SMILES string of the molecule is C1=CCCC(c2ccc3cc(Nc4ccc5cc(-c6ccccc6)ccc5c4)ccc3c2)=C1. The van der Waals surface area contributed by atoms with Gasteiger partial charge in [0.05, 0.1) is 0 Å². The Morgan fingerprint density at radius 2 is 1.12 bits per heavy atom. The van der Waals surface area contributed by atoms with Crippen LogP contribution in [0.4, 0.5) is 11.4 Å². The molecule has 0 aliphatic heterocycles. The number of hydrogen-bond donors (Lipinski definition) is 1. The van der Waals surface area contributed by atoms with Gasteiger partial charge in [0.15, 0.2) is 0 Å². The molecule has 0 atom stereocenters. The van der Waals surface area contributed by atoms with E-state index in [2.05, 4.69) is 127 Å². The molecule has 0 heterocycles. The van der Waals surface area contributed by atoms with Gasteiger partial charge in [-0.05, 0) is 93.0 Å². The summed E-state index contributed by atoms with van der Waals surface area (Å²) in [4.78, 5) is 0. The van der Waals surface area contributed by atoms with E-state index in [1.54, 1.807) is 0 Å². The van der Waals surface area contributed by atoms with Crippen LogP contribution in [0.2, 0.25) is 0 Å². The van der Waals surface area contributed by atoms with Crippen LogP contribution in [0.3, 0.4) is 0 Å². The Hall–Kier alpha value is -4.10. The van der Waals surface area contributed by atoms with Crippen LogP contribution in [-0.2, 0) is 0 Å². The highest BCUT2D eigenvalue weighted by atomic mass is 14.9. The van der Waals surface area contributed by atoms with Gasteiger partial charge < -0.3 is 5.32 Å². The van der Waals surface area contributed by atoms with Crippen LogP contribution in [0.15, 0.2) is 121 Å². The second-order valence-electron chi connectivity index (χ2n) is 8.70. The number of hydrogen-bond acceptors (Lipinski definition) is 1. The van der Waals surface area contributed by atoms with Crippen molar-refractivity contribution in [3.63, 3.8) is 0 Å². The molecule has 5 aromatic carbocycles. The third kappa shape index (κ3) is 4.06. The van der Waals surface area contributed by atoms with Gasteiger partial charge in [0.2, 0.25) is 0 Å². The molecule has 0 aromatic heterocycles. The van der Waals surface area contributed by atoms with Crippen molar-refractivity contribution in [1.82, 2.24) is 0 Å². The second-order valence-corrected chi connectivity index (χ2v) is 8.70. The maximum atomic E-state index is 3.59. The zero-order valence-electron chi connectivity index (χ0n) is 18.5. The number of allylic oxidation sites excluding steroid dienone is 4. The molecule has 5 aromatic rings. The molecule has 1 nitrogen and oxygen atoms in total. The lowest BCUT2D eigenvalue weighted by Gasteiger charge is -2.12. The smallest absolute Gasteiger partial charge is 0.0390 e. The molecule has 0 saturated carbocycles. The van der Waals surface area contributed by atoms with Gasteiger partial charge in [-0.1, -0.05) is 85.0 Å². The van der Waals surface area contributed by atoms with Gasteiger partial charge in [-0.3, -0.25) is 0 Å². The summed E-state index contributed by atoms with van der Waals surface area (Å²) in [6.07, 6.45) is 8.89. The van der Waals surface area contributed by atoms with E-state index in [1.165, 1.54) is 43.8 Å². The maximum absolute atomic E-state index is 3.59. The topological polar surface area (TPSA) is 12.0 Å². The van der Waals surface area contributed by atoms with Crippen molar-refractivity contribution in [3.8, 4) is 11.1 Å². The molecule has 0 saturated heterocycles. The van der Waals surface area contributed by atoms with Gasteiger partial charge in [0.1, 0.15) is 0 Å². The summed E-state index contributed by atoms with van der Waals surface area (Å²) in [5, 5.41) is 8.61. The molecular formula is C32H25N. The molecule has 1 aliphatic rings. The lowest BCUT2D eigenvalue weighted by molar-refractivity contribution is 1.05. The minimum absolute atomic E-state index is 1.10. The Morgan fingerprint density at radius 3 is 1.79 bits per heavy atom. The van der Waals surface area contributed by atoms with Gasteiger partial charge in [0, 0.05) is 11.4 Å². The van der Waals surface area contributed by atoms with Crippen LogP contribution in [-0.4, -0.2) is 0 Å². The van der Waals surface area contributed by atoms with E-state index in [9.17, 15) is 0 Å². The molecular weight excluding hydrogens is 398 g/mol. The van der Waals surface area contributed by atoms with Crippen molar-refractivity contribution in [2.75, 3.05) is 5.32 Å². The van der Waals surface area contributed by atoms with Crippen LogP contribution in [0.25, 0.3) is 38.2 Å². The van der Waals surface area contributed by atoms with Crippen molar-refractivity contribution in [1.29, 1.82) is 0 Å². The predicted octanol–water partition coefficient (Wildman–Crippen LogP) is 9.14. The average Bonchev–Trinajstić information content (AvgIpc) is 2.89. The quantitative estimate of drug-likeness (QED) is 0.304. The molecule has 1 N–H and O–H groups in total. The van der Waals surface area contributed by atoms with Crippen molar-refractivity contribution in [2.24, 2.45) is 0 Å². The zero-order valence-corrected chi connectivity index (χ0v) is 18.5. The highest BCUT2D eigenvalue weighted by Crippen LogP contribution is 2.30. The van der Waals surface area contributed by atoms with Crippen molar-refractivity contribution in [2.45, 2.75) is 12.8 Å². The summed E-state index contributed by atoms with van der Waals surface area (Å²) in [7, 11) is 0. The van der Waals surface area contributed by atoms with Gasteiger partial charge in [-0.2, -0.15) is 0 Å². The average molecular weight is 424 g/mol. The first-order valence-corrected chi connectivity index (χ1v) is 11.6. The highest BCUT2D eigenvalue weighted by Gasteiger charge is 2.06. The summed E-state index contributed by atoms with van der Waals surface area (Å²) >= 11 is 0. The molecule has 0 spiro atoms. The van der Waals surface area contributed by atoms with Crippen LogP contribution in [0, 0.1) is 0 Å². The summed E-state index contributed by atoms with van der Waals surface area (Å²) < 4.78 is 0. The van der Waals surface area contributed by atoms with Crippen LogP contribution in [0.1, 0.15) is 18.4 Å². The zero-order chi connectivity index (χ0) is 22.0. The largest absolute Gasteiger partial charge is 0.355 e. The Labute approximate surface area is 194 Å². The van der Waals surface area contributed by atoms with E-state index in [0.717, 1.165) is 24.2 Å². The van der Waals surface area contributed by atoms with Crippen LogP contribution >= 0.6 is 0 Å². The number of fused-ring (bicyclic) bond motifs is 2. The molecule has 6 rings (SSSR count). The monoisotopic (exact) mass is 423 g/mol. The maximum Gasteiger partial charge on any atom is 0.0390 e. The molecule has 0 unspecified atom stereocenters. The second kappa shape index (κ2) is 8.44. The first-order valence-electron chi connectivity index (χ1n) is 11.6. The van der Waals surface area contributed by atoms with Gasteiger partial charge in [-0.15, -0.1) is 0 Å². The number of nitrogens with one attached hydrogen (secondary N) is 1. The third-order valence-corrected chi connectivity index (χ3v) is 6.46. The molecule has 0 fully saturated rings. The summed E-state index contributed by atoms with van der Waals surface area (Å²) in [5.74, 6) is 0. The van der Waals surface area contributed by atoms with Gasteiger partial charge in [0.25, 0.3) is 0 Å². The fourth-order valence-corrected chi connectivity index (χ4v) is 4.67. The highest BCUT2D eigenvalue weighted by molar-refractivity contribution is 5.92. The Balaban J connectivity index is 1.26. The van der Waals surface area contributed by atoms with E-state index in [0.29, 0.717) is 0 Å². The Kier molecular flexibility index (Phi) is 5.01. The lowest BCUT2D eigenvalue weighted by Crippen LogP contribution is -1.91. The summed E-state index contributed by atoms with van der Waals surface area (Å²) in [6, 6.07) is 37.2. The molecule has 0 amide bonds. The molecule has 0 radical (unpaired) electrons. The van der Waals surface area contributed by atoms with Gasteiger partial charge in [-0.25, -0.2) is 0 Å². The fourth-order valence-electron chi connectivity index (χ4n) is 4.67. The molecule has 33 heavy (non-hydrogen) atoms. The molecule has 0 bridgehead atoms.